The summed E-state index contributed by atoms with van der Waals surface area (Å²) in [7, 11) is 0. The van der Waals surface area contributed by atoms with E-state index in [9.17, 15) is 0 Å². The first kappa shape index (κ1) is 32.7. The van der Waals surface area contributed by atoms with Gasteiger partial charge in [-0.3, -0.25) is 4.57 Å². The number of aromatic nitrogens is 5. The third-order valence-electron chi connectivity index (χ3n) is 9.77. The average Bonchev–Trinajstić information content (AvgIpc) is 3.62. The third-order valence-corrected chi connectivity index (χ3v) is 9.77. The van der Waals surface area contributed by atoms with Gasteiger partial charge in [0.25, 0.3) is 0 Å². The van der Waals surface area contributed by atoms with Crippen LogP contribution in [-0.4, -0.2) is 24.5 Å². The molecule has 0 spiro atoms. The molecule has 54 heavy (non-hydrogen) atoms. The zero-order valence-electron chi connectivity index (χ0n) is 29.8. The van der Waals surface area contributed by atoms with Crippen LogP contribution in [0.15, 0.2) is 176 Å². The predicted molar refractivity (Wildman–Crippen MR) is 221 cm³/mol. The molecule has 0 radical (unpaired) electrons. The molecule has 0 saturated heterocycles. The zero-order chi connectivity index (χ0) is 36.4. The van der Waals surface area contributed by atoms with Gasteiger partial charge in [0.2, 0.25) is 0 Å². The largest absolute Gasteiger partial charge is 0.399 e. The lowest BCUT2D eigenvalue weighted by atomic mass is 9.90. The first-order chi connectivity index (χ1) is 26.6. The second kappa shape index (κ2) is 14.1. The monoisotopic (exact) mass is 696 g/mol. The number of hydrogen-bond acceptors (Lipinski definition) is 5. The summed E-state index contributed by atoms with van der Waals surface area (Å²) in [5.74, 6) is 2.82. The summed E-state index contributed by atoms with van der Waals surface area (Å²) in [6.07, 6.45) is 0.807. The Kier molecular flexibility index (Phi) is 8.54. The minimum absolute atomic E-state index is 0.595. The summed E-state index contributed by atoms with van der Waals surface area (Å²) in [4.78, 5) is 20.4. The van der Waals surface area contributed by atoms with Crippen molar-refractivity contribution in [3.8, 4) is 73.2 Å². The Hall–Kier alpha value is -7.18. The van der Waals surface area contributed by atoms with E-state index in [1.54, 1.807) is 0 Å². The van der Waals surface area contributed by atoms with Gasteiger partial charge in [0.15, 0.2) is 17.5 Å². The molecule has 0 amide bonds. The molecule has 2 heterocycles. The highest BCUT2D eigenvalue weighted by Gasteiger charge is 2.20. The van der Waals surface area contributed by atoms with E-state index in [-0.39, 0.29) is 0 Å². The van der Waals surface area contributed by atoms with Crippen LogP contribution in [0.3, 0.4) is 0 Å². The average molecular weight is 697 g/mol. The van der Waals surface area contributed by atoms with Crippen molar-refractivity contribution in [3.05, 3.63) is 182 Å². The van der Waals surface area contributed by atoms with E-state index in [2.05, 4.69) is 115 Å². The minimum atomic E-state index is 0.595. The van der Waals surface area contributed by atoms with E-state index < -0.39 is 0 Å². The highest BCUT2D eigenvalue weighted by atomic mass is 15.1. The van der Waals surface area contributed by atoms with Crippen molar-refractivity contribution in [1.82, 2.24) is 24.5 Å². The summed E-state index contributed by atoms with van der Waals surface area (Å²) in [5, 5.41) is 0. The Morgan fingerprint density at radius 2 is 0.944 bits per heavy atom. The minimum Gasteiger partial charge on any atom is -0.399 e. The number of anilines is 1. The summed E-state index contributed by atoms with van der Waals surface area (Å²) in [6.45, 7) is 2.16. The van der Waals surface area contributed by atoms with Crippen LogP contribution in [0.25, 0.3) is 84.3 Å². The fourth-order valence-electron chi connectivity index (χ4n) is 7.24. The van der Waals surface area contributed by atoms with Crippen molar-refractivity contribution < 1.29 is 0 Å². The number of benzene rings is 7. The topological polar surface area (TPSA) is 82.5 Å². The number of nitrogens with zero attached hydrogens (tertiary/aromatic N) is 5. The van der Waals surface area contributed by atoms with E-state index >= 15 is 0 Å². The number of imidazole rings is 1. The second-order valence-corrected chi connectivity index (χ2v) is 13.2. The van der Waals surface area contributed by atoms with E-state index in [0.717, 1.165) is 84.7 Å². The number of para-hydroxylation sites is 3. The van der Waals surface area contributed by atoms with Gasteiger partial charge in [0, 0.05) is 34.4 Å². The Balaban J connectivity index is 1.22. The molecule has 0 aliphatic carbocycles. The predicted octanol–water partition coefficient (Wildman–Crippen LogP) is 11.4. The van der Waals surface area contributed by atoms with E-state index in [4.69, 9.17) is 25.7 Å². The van der Waals surface area contributed by atoms with Crippen LogP contribution >= 0.6 is 0 Å². The van der Waals surface area contributed by atoms with Crippen molar-refractivity contribution >= 4 is 16.7 Å². The molecule has 9 aromatic rings. The molecule has 0 saturated carbocycles. The third kappa shape index (κ3) is 6.10. The van der Waals surface area contributed by atoms with Gasteiger partial charge in [-0.1, -0.05) is 146 Å². The quantitative estimate of drug-likeness (QED) is 0.160. The molecular weight excluding hydrogens is 661 g/mol. The molecule has 0 aliphatic rings. The molecule has 6 nitrogen and oxygen atoms in total. The van der Waals surface area contributed by atoms with Crippen molar-refractivity contribution in [1.29, 1.82) is 0 Å². The number of aryl methyl sites for hydroxylation is 1. The Bertz CT molecular complexity index is 2780. The van der Waals surface area contributed by atoms with Crippen LogP contribution in [0, 0.1) is 0 Å². The summed E-state index contributed by atoms with van der Waals surface area (Å²) in [6, 6.07) is 60.2. The van der Waals surface area contributed by atoms with Crippen LogP contribution in [0.2, 0.25) is 0 Å². The fourth-order valence-corrected chi connectivity index (χ4v) is 7.24. The van der Waals surface area contributed by atoms with Gasteiger partial charge in [-0.05, 0) is 64.2 Å². The first-order valence-electron chi connectivity index (χ1n) is 18.2. The Morgan fingerprint density at radius 1 is 0.426 bits per heavy atom. The number of rotatable bonds is 8. The number of nitrogens with two attached hydrogens (primary N) is 1. The zero-order valence-corrected chi connectivity index (χ0v) is 29.8. The highest BCUT2D eigenvalue weighted by Crippen LogP contribution is 2.41. The molecule has 0 fully saturated rings. The molecule has 0 bridgehead atoms. The molecule has 7 aromatic carbocycles. The van der Waals surface area contributed by atoms with Crippen LogP contribution < -0.4 is 5.73 Å². The molecule has 2 N–H and O–H groups in total. The molecule has 0 unspecified atom stereocenters. The number of nitrogen functional groups attached to an aromatic ring is 1. The highest BCUT2D eigenvalue weighted by molar-refractivity contribution is 5.93. The summed E-state index contributed by atoms with van der Waals surface area (Å²) >= 11 is 0. The van der Waals surface area contributed by atoms with Gasteiger partial charge in [-0.25, -0.2) is 19.9 Å². The normalized spacial score (nSPS) is 11.2. The number of fused-ring (bicyclic) bond motifs is 1. The maximum absolute atomic E-state index is 6.15. The molecule has 6 heteroatoms. The van der Waals surface area contributed by atoms with Gasteiger partial charge < -0.3 is 5.73 Å². The molecule has 2 aromatic heterocycles. The van der Waals surface area contributed by atoms with E-state index in [1.807, 2.05) is 72.8 Å². The maximum atomic E-state index is 6.15. The van der Waals surface area contributed by atoms with Crippen LogP contribution in [0.5, 0.6) is 0 Å². The smallest absolute Gasteiger partial charge is 0.164 e. The molecule has 0 atom stereocenters. The SMILES string of the molecule is CCc1nc2ccccc2n1-c1ccccc1-c1ccccc1-c1ccccc1-c1nc(-c2ccccc2)nc(-c2cccc(-c3cccc(N)c3)c2)n1. The van der Waals surface area contributed by atoms with E-state index in [1.165, 1.54) is 0 Å². The second-order valence-electron chi connectivity index (χ2n) is 13.2. The van der Waals surface area contributed by atoms with Gasteiger partial charge in [0.05, 0.1) is 16.7 Å². The maximum Gasteiger partial charge on any atom is 0.164 e. The fraction of sp³-hybridized carbons (Fsp3) is 0.0417. The van der Waals surface area contributed by atoms with Crippen molar-refractivity contribution in [2.24, 2.45) is 0 Å². The molecule has 258 valence electrons. The number of hydrogen-bond donors (Lipinski definition) is 1. The van der Waals surface area contributed by atoms with Crippen LogP contribution in [0.1, 0.15) is 12.7 Å². The van der Waals surface area contributed by atoms with E-state index in [0.29, 0.717) is 17.5 Å². The van der Waals surface area contributed by atoms with Crippen molar-refractivity contribution in [2.75, 3.05) is 5.73 Å². The summed E-state index contributed by atoms with van der Waals surface area (Å²) in [5.41, 5.74) is 19.1. The first-order valence-corrected chi connectivity index (χ1v) is 18.2. The van der Waals surface area contributed by atoms with Gasteiger partial charge in [-0.15, -0.1) is 0 Å². The van der Waals surface area contributed by atoms with Gasteiger partial charge in [-0.2, -0.15) is 0 Å². The lowest BCUT2D eigenvalue weighted by molar-refractivity contribution is 0.909. The van der Waals surface area contributed by atoms with Crippen molar-refractivity contribution in [2.45, 2.75) is 13.3 Å². The van der Waals surface area contributed by atoms with Crippen LogP contribution in [-0.2, 0) is 6.42 Å². The van der Waals surface area contributed by atoms with Crippen LogP contribution in [0.4, 0.5) is 5.69 Å². The molecule has 9 rings (SSSR count). The summed E-state index contributed by atoms with van der Waals surface area (Å²) < 4.78 is 2.30. The van der Waals surface area contributed by atoms with Crippen molar-refractivity contribution in [3.63, 3.8) is 0 Å². The van der Waals surface area contributed by atoms with Gasteiger partial charge >= 0.3 is 0 Å². The van der Waals surface area contributed by atoms with Gasteiger partial charge in [0.1, 0.15) is 5.82 Å². The Morgan fingerprint density at radius 3 is 1.69 bits per heavy atom. The standard InChI is InChI=1S/C48H36N6/c1-2-45-50-42-27-11-13-29-44(42)54(45)43-28-12-10-25-40(43)38-23-7-6-22-37(38)39-24-8-9-26-41(39)48-52-46(32-16-4-3-5-17-32)51-47(53-48)35-20-14-18-33(30-35)34-19-15-21-36(49)31-34/h3-31H,2,49H2,1H3. The lowest BCUT2D eigenvalue weighted by Gasteiger charge is -2.18. The lowest BCUT2D eigenvalue weighted by Crippen LogP contribution is -2.03. The molecule has 0 aliphatic heterocycles. The molecular formula is C48H36N6. The Labute approximate surface area is 314 Å².